The molecule has 8 heavy (non-hydrogen) atoms. The van der Waals surface area contributed by atoms with Crippen LogP contribution in [0.25, 0.3) is 0 Å². The number of esters is 1. The number of hydrogen-bond acceptors (Lipinski definition) is 3. The van der Waals surface area contributed by atoms with Gasteiger partial charge in [-0.25, -0.2) is 14.7 Å². The molecule has 0 bridgehead atoms. The van der Waals surface area contributed by atoms with E-state index in [2.05, 4.69) is 11.7 Å². The average Bonchev–Trinajstić information content (AvgIpc) is 1.67. The first-order valence-electron chi connectivity index (χ1n) is 1.86. The van der Waals surface area contributed by atoms with Crippen LogP contribution in [0.4, 0.5) is 0 Å². The minimum absolute atomic E-state index is 0.188. The summed E-state index contributed by atoms with van der Waals surface area (Å²) in [6, 6.07) is 0. The Morgan fingerprint density at radius 3 is 2.12 bits per heavy atom. The average molecular weight is 116 g/mol. The fraction of sp³-hybridized carbons (Fsp3) is 0.250. The van der Waals surface area contributed by atoms with Crippen LogP contribution in [0, 0.1) is 6.92 Å². The largest absolute Gasteiger partial charge is 0.462 e. The molecular formula is C4H4O4. The van der Waals surface area contributed by atoms with Crippen molar-refractivity contribution in [1.29, 1.82) is 0 Å². The van der Waals surface area contributed by atoms with Gasteiger partial charge in [-0.2, -0.15) is 0 Å². The Morgan fingerprint density at radius 2 is 2.00 bits per heavy atom. The van der Waals surface area contributed by atoms with E-state index < -0.39 is 11.9 Å². The van der Waals surface area contributed by atoms with E-state index >= 15 is 0 Å². The Hall–Kier alpha value is -1.06. The monoisotopic (exact) mass is 116 g/mol. The molecule has 0 aromatic heterocycles. The molecule has 4 nitrogen and oxygen atoms in total. The number of hydrogen-bond donors (Lipinski definition) is 0. The van der Waals surface area contributed by atoms with Gasteiger partial charge in [-0.05, 0) is 6.92 Å². The van der Waals surface area contributed by atoms with Gasteiger partial charge in [0.2, 0.25) is 0 Å². The molecule has 0 rings (SSSR count). The van der Waals surface area contributed by atoms with Gasteiger partial charge in [0.1, 0.15) is 0 Å². The van der Waals surface area contributed by atoms with E-state index in [1.54, 1.807) is 0 Å². The van der Waals surface area contributed by atoms with Gasteiger partial charge < -0.3 is 4.74 Å². The second-order valence-electron chi connectivity index (χ2n) is 0.923. The van der Waals surface area contributed by atoms with E-state index in [0.29, 0.717) is 0 Å². The SMILES string of the molecule is [CH2]COC(=O)C([O])=O. The van der Waals surface area contributed by atoms with Gasteiger partial charge >= 0.3 is 11.9 Å². The number of ether oxygens (including phenoxy) is 1. The van der Waals surface area contributed by atoms with E-state index in [0.717, 1.165) is 0 Å². The lowest BCUT2D eigenvalue weighted by atomic mass is 10.7. The molecule has 0 aliphatic rings. The highest BCUT2D eigenvalue weighted by Crippen LogP contribution is 1.75. The van der Waals surface area contributed by atoms with Gasteiger partial charge in [0, 0.05) is 0 Å². The molecule has 0 aliphatic heterocycles. The number of rotatable bonds is 1. The summed E-state index contributed by atoms with van der Waals surface area (Å²) in [5.41, 5.74) is 0. The third-order valence-electron chi connectivity index (χ3n) is 0.400. The van der Waals surface area contributed by atoms with Crippen molar-refractivity contribution in [2.45, 2.75) is 0 Å². The second kappa shape index (κ2) is 3.01. The summed E-state index contributed by atoms with van der Waals surface area (Å²) in [5, 5.41) is 9.48. The number of carbonyl (C=O) groups is 2. The van der Waals surface area contributed by atoms with Gasteiger partial charge in [0.25, 0.3) is 0 Å². The van der Waals surface area contributed by atoms with Crippen LogP contribution in [0.15, 0.2) is 0 Å². The van der Waals surface area contributed by atoms with Crippen molar-refractivity contribution < 1.29 is 19.4 Å². The van der Waals surface area contributed by atoms with Crippen LogP contribution in [0.2, 0.25) is 0 Å². The highest BCUT2D eigenvalue weighted by molar-refractivity contribution is 6.28. The maximum atomic E-state index is 9.82. The van der Waals surface area contributed by atoms with E-state index in [9.17, 15) is 14.7 Å². The summed E-state index contributed by atoms with van der Waals surface area (Å²) < 4.78 is 3.89. The summed E-state index contributed by atoms with van der Waals surface area (Å²) in [5.74, 6) is -3.21. The van der Waals surface area contributed by atoms with Gasteiger partial charge in [-0.1, -0.05) is 0 Å². The van der Waals surface area contributed by atoms with Gasteiger partial charge in [-0.15, -0.1) is 0 Å². The fourth-order valence-corrected chi connectivity index (χ4v) is 0.152. The van der Waals surface area contributed by atoms with E-state index in [1.807, 2.05) is 0 Å². The molecule has 0 spiro atoms. The number of carbonyl (C=O) groups excluding carboxylic acids is 2. The first-order valence-corrected chi connectivity index (χ1v) is 1.86. The third-order valence-corrected chi connectivity index (χ3v) is 0.400. The van der Waals surface area contributed by atoms with Gasteiger partial charge in [-0.3, -0.25) is 0 Å². The zero-order valence-electron chi connectivity index (χ0n) is 4.05. The minimum atomic E-state index is -1.84. The first kappa shape index (κ1) is 6.94. The quantitative estimate of drug-likeness (QED) is 0.337. The van der Waals surface area contributed by atoms with Gasteiger partial charge in [0.05, 0.1) is 6.61 Å². The smallest absolute Gasteiger partial charge is 0.457 e. The van der Waals surface area contributed by atoms with E-state index in [-0.39, 0.29) is 6.61 Å². The highest BCUT2D eigenvalue weighted by Gasteiger charge is 2.13. The maximum Gasteiger partial charge on any atom is 0.462 e. The Kier molecular flexibility index (Phi) is 2.61. The molecule has 0 aromatic carbocycles. The molecule has 0 saturated carbocycles. The van der Waals surface area contributed by atoms with Crippen molar-refractivity contribution in [3.8, 4) is 0 Å². The molecule has 0 fully saturated rings. The van der Waals surface area contributed by atoms with Crippen molar-refractivity contribution in [3.05, 3.63) is 6.92 Å². The minimum Gasteiger partial charge on any atom is -0.457 e. The summed E-state index contributed by atoms with van der Waals surface area (Å²) >= 11 is 0. The van der Waals surface area contributed by atoms with Crippen molar-refractivity contribution in [1.82, 2.24) is 0 Å². The molecule has 0 saturated heterocycles. The molecule has 2 radical (unpaired) electrons. The predicted octanol–water partition coefficient (Wildman–Crippen LogP) is -0.679. The molecule has 0 N–H and O–H groups in total. The summed E-state index contributed by atoms with van der Waals surface area (Å²) in [6.45, 7) is 2.89. The molecular weight excluding hydrogens is 112 g/mol. The third kappa shape index (κ3) is 2.17. The lowest BCUT2D eigenvalue weighted by molar-refractivity contribution is -0.166. The Labute approximate surface area is 46.1 Å². The van der Waals surface area contributed by atoms with Gasteiger partial charge in [0.15, 0.2) is 0 Å². The zero-order valence-corrected chi connectivity index (χ0v) is 4.05. The maximum absolute atomic E-state index is 9.82. The van der Waals surface area contributed by atoms with Crippen LogP contribution in [-0.2, 0) is 19.4 Å². The van der Waals surface area contributed by atoms with Crippen LogP contribution in [0.5, 0.6) is 0 Å². The lowest BCUT2D eigenvalue weighted by Gasteiger charge is -1.90. The molecule has 0 aromatic rings. The standard InChI is InChI=1S/C4H4O4/c1-2-8-4(7)3(5)6/h1-2H2. The van der Waals surface area contributed by atoms with Crippen molar-refractivity contribution in [3.63, 3.8) is 0 Å². The second-order valence-corrected chi connectivity index (χ2v) is 0.923. The van der Waals surface area contributed by atoms with Crippen LogP contribution >= 0.6 is 0 Å². The molecule has 0 amide bonds. The fourth-order valence-electron chi connectivity index (χ4n) is 0.152. The molecule has 44 valence electrons. The Bertz CT molecular complexity index is 107. The van der Waals surface area contributed by atoms with Crippen LogP contribution in [0.1, 0.15) is 0 Å². The van der Waals surface area contributed by atoms with Crippen LogP contribution < -0.4 is 0 Å². The van der Waals surface area contributed by atoms with Crippen LogP contribution in [-0.4, -0.2) is 18.5 Å². The van der Waals surface area contributed by atoms with Crippen molar-refractivity contribution >= 4 is 11.9 Å². The molecule has 0 heterocycles. The molecule has 0 aliphatic carbocycles. The molecule has 4 heteroatoms. The van der Waals surface area contributed by atoms with E-state index in [4.69, 9.17) is 0 Å². The predicted molar refractivity (Wildman–Crippen MR) is 22.0 cm³/mol. The van der Waals surface area contributed by atoms with E-state index in [1.165, 1.54) is 0 Å². The Balaban J connectivity index is 3.49. The zero-order chi connectivity index (χ0) is 6.57. The summed E-state index contributed by atoms with van der Waals surface area (Å²) in [4.78, 5) is 19.3. The van der Waals surface area contributed by atoms with Crippen molar-refractivity contribution in [2.75, 3.05) is 6.61 Å². The van der Waals surface area contributed by atoms with Crippen molar-refractivity contribution in [2.24, 2.45) is 0 Å². The highest BCUT2D eigenvalue weighted by atomic mass is 16.6. The Morgan fingerprint density at radius 1 is 1.50 bits per heavy atom. The van der Waals surface area contributed by atoms with Crippen LogP contribution in [0.3, 0.4) is 0 Å². The molecule has 0 unspecified atom stereocenters. The molecule has 0 atom stereocenters. The summed E-state index contributed by atoms with van der Waals surface area (Å²) in [7, 11) is 0. The normalized spacial score (nSPS) is 8.12. The summed E-state index contributed by atoms with van der Waals surface area (Å²) in [6.07, 6.45) is 0. The lowest BCUT2D eigenvalue weighted by Crippen LogP contribution is -2.14. The topological polar surface area (TPSA) is 63.3 Å². The first-order chi connectivity index (χ1) is 3.68.